The zero-order chi connectivity index (χ0) is 18.0. The van der Waals surface area contributed by atoms with Crippen molar-refractivity contribution in [3.05, 3.63) is 29.3 Å². The van der Waals surface area contributed by atoms with Crippen molar-refractivity contribution in [2.75, 3.05) is 18.4 Å². The molecular formula is C18H27N5OS. The van der Waals surface area contributed by atoms with Crippen LogP contribution in [0.2, 0.25) is 0 Å². The summed E-state index contributed by atoms with van der Waals surface area (Å²) < 4.78 is 2.27. The maximum absolute atomic E-state index is 12.5. The van der Waals surface area contributed by atoms with Gasteiger partial charge in [-0.25, -0.2) is 9.97 Å². The van der Waals surface area contributed by atoms with E-state index in [1.807, 2.05) is 25.4 Å². The number of anilines is 1. The van der Waals surface area contributed by atoms with Gasteiger partial charge in [0, 0.05) is 29.7 Å². The van der Waals surface area contributed by atoms with Gasteiger partial charge in [0.05, 0.1) is 11.7 Å². The van der Waals surface area contributed by atoms with Gasteiger partial charge in [0.25, 0.3) is 0 Å². The van der Waals surface area contributed by atoms with Crippen LogP contribution in [0, 0.1) is 6.92 Å². The van der Waals surface area contributed by atoms with Crippen molar-refractivity contribution in [3.8, 4) is 0 Å². The van der Waals surface area contributed by atoms with Crippen LogP contribution < -0.4 is 5.32 Å². The highest BCUT2D eigenvalue weighted by Crippen LogP contribution is 2.29. The van der Waals surface area contributed by atoms with Gasteiger partial charge < -0.3 is 9.88 Å². The van der Waals surface area contributed by atoms with Crippen molar-refractivity contribution < 1.29 is 4.79 Å². The van der Waals surface area contributed by atoms with Gasteiger partial charge in [0.15, 0.2) is 5.13 Å². The van der Waals surface area contributed by atoms with Crippen molar-refractivity contribution >= 4 is 22.4 Å². The lowest BCUT2D eigenvalue weighted by atomic mass is 9.94. The number of likely N-dealkylation sites (tertiary alicyclic amines) is 1. The van der Waals surface area contributed by atoms with Crippen LogP contribution in [0.3, 0.4) is 0 Å². The van der Waals surface area contributed by atoms with Crippen molar-refractivity contribution in [1.29, 1.82) is 0 Å². The number of hydrogen-bond acceptors (Lipinski definition) is 5. The molecule has 1 aliphatic rings. The van der Waals surface area contributed by atoms with Gasteiger partial charge in [0.2, 0.25) is 5.91 Å². The molecule has 1 atom stereocenters. The van der Waals surface area contributed by atoms with Gasteiger partial charge >= 0.3 is 0 Å². The van der Waals surface area contributed by atoms with Gasteiger partial charge in [-0.1, -0.05) is 0 Å². The number of aryl methyl sites for hydroxylation is 1. The predicted octanol–water partition coefficient (Wildman–Crippen LogP) is 3.44. The summed E-state index contributed by atoms with van der Waals surface area (Å²) in [6.45, 7) is 10.1. The van der Waals surface area contributed by atoms with E-state index in [0.29, 0.717) is 17.1 Å². The van der Waals surface area contributed by atoms with Crippen LogP contribution in [0.25, 0.3) is 0 Å². The third-order valence-corrected chi connectivity index (χ3v) is 5.80. The summed E-state index contributed by atoms with van der Waals surface area (Å²) in [5.41, 5.74) is 0.939. The molecule has 1 amide bonds. The summed E-state index contributed by atoms with van der Waals surface area (Å²) in [4.78, 5) is 23.6. The number of nitrogens with one attached hydrogen (secondary N) is 1. The summed E-state index contributed by atoms with van der Waals surface area (Å²) in [5, 5.41) is 5.56. The Morgan fingerprint density at radius 1 is 1.32 bits per heavy atom. The number of rotatable bonds is 5. The minimum atomic E-state index is -0.144. The lowest BCUT2D eigenvalue weighted by Crippen LogP contribution is -2.46. The summed E-state index contributed by atoms with van der Waals surface area (Å²) in [6.07, 6.45) is 6.04. The number of nitrogens with zero attached hydrogens (tertiary/aromatic N) is 4. The van der Waals surface area contributed by atoms with E-state index in [-0.39, 0.29) is 11.9 Å². The third-order valence-electron chi connectivity index (χ3n) is 4.93. The van der Waals surface area contributed by atoms with E-state index in [4.69, 9.17) is 0 Å². The average molecular weight is 362 g/mol. The number of imidazole rings is 1. The molecule has 0 aliphatic carbocycles. The Labute approximate surface area is 153 Å². The molecule has 1 fully saturated rings. The fourth-order valence-electron chi connectivity index (χ4n) is 3.41. The first kappa shape index (κ1) is 18.1. The van der Waals surface area contributed by atoms with Gasteiger partial charge in [-0.2, -0.15) is 0 Å². The van der Waals surface area contributed by atoms with E-state index in [1.54, 1.807) is 0 Å². The largest absolute Gasteiger partial charge is 0.332 e. The van der Waals surface area contributed by atoms with Crippen LogP contribution in [0.5, 0.6) is 0 Å². The van der Waals surface area contributed by atoms with Crippen LogP contribution in [-0.4, -0.2) is 44.5 Å². The molecule has 7 heteroatoms. The van der Waals surface area contributed by atoms with E-state index in [2.05, 4.69) is 44.8 Å². The van der Waals surface area contributed by atoms with Gasteiger partial charge in [-0.05, 0) is 53.6 Å². The van der Waals surface area contributed by atoms with E-state index < -0.39 is 0 Å². The van der Waals surface area contributed by atoms with Crippen LogP contribution in [0.15, 0.2) is 17.8 Å². The minimum absolute atomic E-state index is 0.0245. The second kappa shape index (κ2) is 7.66. The molecule has 1 saturated heterocycles. The van der Waals surface area contributed by atoms with Crippen LogP contribution in [0.4, 0.5) is 5.13 Å². The molecule has 3 heterocycles. The molecule has 0 saturated carbocycles. The Morgan fingerprint density at radius 2 is 2.04 bits per heavy atom. The zero-order valence-electron chi connectivity index (χ0n) is 15.4. The van der Waals surface area contributed by atoms with Crippen LogP contribution >= 0.6 is 11.3 Å². The number of carbonyl (C=O) groups is 1. The molecule has 6 nitrogen and oxygen atoms in total. The monoisotopic (exact) mass is 361 g/mol. The zero-order valence-corrected chi connectivity index (χ0v) is 16.2. The van der Waals surface area contributed by atoms with Crippen molar-refractivity contribution in [2.24, 2.45) is 0 Å². The normalized spacial score (nSPS) is 17.8. The van der Waals surface area contributed by atoms with Gasteiger partial charge in [0.1, 0.15) is 5.82 Å². The third kappa shape index (κ3) is 4.10. The highest BCUT2D eigenvalue weighted by Gasteiger charge is 2.29. The van der Waals surface area contributed by atoms with E-state index in [9.17, 15) is 4.79 Å². The number of carbonyl (C=O) groups excluding carboxylic acids is 1. The maximum Gasteiger partial charge on any atom is 0.243 e. The molecule has 2 aromatic rings. The van der Waals surface area contributed by atoms with Crippen LogP contribution in [0.1, 0.15) is 57.1 Å². The minimum Gasteiger partial charge on any atom is -0.332 e. The number of hydrogen-bond donors (Lipinski definition) is 1. The first-order chi connectivity index (χ1) is 12.0. The van der Waals surface area contributed by atoms with E-state index in [1.165, 1.54) is 17.2 Å². The first-order valence-electron chi connectivity index (χ1n) is 8.95. The molecule has 1 unspecified atom stereocenters. The predicted molar refractivity (Wildman–Crippen MR) is 101 cm³/mol. The Morgan fingerprint density at radius 3 is 2.64 bits per heavy atom. The summed E-state index contributed by atoms with van der Waals surface area (Å²) in [7, 11) is 0. The van der Waals surface area contributed by atoms with Gasteiger partial charge in [-0.3, -0.25) is 9.69 Å². The lowest BCUT2D eigenvalue weighted by Gasteiger charge is -2.35. The lowest BCUT2D eigenvalue weighted by molar-refractivity contribution is -0.121. The fourth-order valence-corrected chi connectivity index (χ4v) is 4.10. The number of amides is 1. The van der Waals surface area contributed by atoms with Crippen molar-refractivity contribution in [2.45, 2.75) is 58.5 Å². The summed E-state index contributed by atoms with van der Waals surface area (Å²) >= 11 is 1.47. The van der Waals surface area contributed by atoms with Gasteiger partial charge in [-0.15, -0.1) is 11.3 Å². The molecule has 0 radical (unpaired) electrons. The number of piperidine rings is 1. The maximum atomic E-state index is 12.5. The Kier molecular flexibility index (Phi) is 5.54. The Bertz CT molecular complexity index is 715. The Hall–Kier alpha value is -1.73. The molecule has 136 valence electrons. The number of aromatic nitrogens is 3. The van der Waals surface area contributed by atoms with Crippen molar-refractivity contribution in [3.63, 3.8) is 0 Å². The summed E-state index contributed by atoms with van der Waals surface area (Å²) in [6, 6.07) is 0.289. The average Bonchev–Trinajstić information content (AvgIpc) is 3.23. The quantitative estimate of drug-likeness (QED) is 0.886. The molecule has 1 N–H and O–H groups in total. The smallest absolute Gasteiger partial charge is 0.243 e. The molecule has 2 aromatic heterocycles. The number of thiazole rings is 1. The highest BCUT2D eigenvalue weighted by molar-refractivity contribution is 7.13. The topological polar surface area (TPSA) is 63.1 Å². The van der Waals surface area contributed by atoms with E-state index in [0.717, 1.165) is 31.6 Å². The second-order valence-electron chi connectivity index (χ2n) is 7.06. The molecule has 1 aliphatic heterocycles. The Balaban J connectivity index is 1.56. The summed E-state index contributed by atoms with van der Waals surface area (Å²) in [5.74, 6) is 1.69. The molecule has 0 aromatic carbocycles. The molecule has 0 spiro atoms. The van der Waals surface area contributed by atoms with Crippen molar-refractivity contribution in [1.82, 2.24) is 19.4 Å². The first-order valence-corrected chi connectivity index (χ1v) is 9.83. The fraction of sp³-hybridized carbons (Fsp3) is 0.611. The standard InChI is InChI=1S/C18H27N5OS/c1-12(2)23-10-7-19-16(23)15-5-8-22(9-6-15)14(4)17(24)21-18-20-13(3)11-25-18/h7,10-12,14-15H,5-6,8-9H2,1-4H3,(H,20,21,24). The molecule has 25 heavy (non-hydrogen) atoms. The highest BCUT2D eigenvalue weighted by atomic mass is 32.1. The SMILES string of the molecule is Cc1csc(NC(=O)C(C)N2CCC(c3nccn3C(C)C)CC2)n1. The molecular weight excluding hydrogens is 334 g/mol. The molecule has 3 rings (SSSR count). The van der Waals surface area contributed by atoms with Crippen LogP contribution in [-0.2, 0) is 4.79 Å². The molecule has 0 bridgehead atoms. The van der Waals surface area contributed by atoms with E-state index >= 15 is 0 Å². The second-order valence-corrected chi connectivity index (χ2v) is 7.91.